The maximum atomic E-state index is 4.74. The number of aromatic nitrogens is 1. The third kappa shape index (κ3) is 4.56. The second-order valence-corrected chi connectivity index (χ2v) is 11.1. The van der Waals surface area contributed by atoms with Gasteiger partial charge in [-0.25, -0.2) is 0 Å². The van der Waals surface area contributed by atoms with E-state index in [9.17, 15) is 0 Å². The summed E-state index contributed by atoms with van der Waals surface area (Å²) in [4.78, 5) is 4.74. The van der Waals surface area contributed by atoms with Gasteiger partial charge in [0.15, 0.2) is 0 Å². The minimum atomic E-state index is 0.999. The number of rotatable bonds is 5. The van der Waals surface area contributed by atoms with Crippen LogP contribution in [0.1, 0.15) is 0 Å². The number of hydrogen-bond acceptors (Lipinski definition) is 1. The van der Waals surface area contributed by atoms with Gasteiger partial charge in [0.25, 0.3) is 0 Å². The van der Waals surface area contributed by atoms with E-state index in [1.807, 2.05) is 18.3 Å². The highest BCUT2D eigenvalue weighted by Gasteiger charge is 2.17. The van der Waals surface area contributed by atoms with Crippen LogP contribution < -0.4 is 0 Å². The first-order valence-electron chi connectivity index (χ1n) is 15.1. The SMILES string of the molecule is c1ccc(-c2ncccc2-c2ccc(-c3ccc4c(-c5ccccc5)c5ccccc5c(-c5ccccc5)c4c3)cc2)cc1. The Morgan fingerprint density at radius 2 is 0.773 bits per heavy atom. The van der Waals surface area contributed by atoms with Crippen molar-refractivity contribution in [2.75, 3.05) is 0 Å². The van der Waals surface area contributed by atoms with Gasteiger partial charge in [-0.1, -0.05) is 158 Å². The van der Waals surface area contributed by atoms with Crippen molar-refractivity contribution in [3.63, 3.8) is 0 Å². The van der Waals surface area contributed by atoms with Gasteiger partial charge in [-0.3, -0.25) is 4.98 Å². The molecular formula is C43H29N. The first-order chi connectivity index (χ1) is 21.8. The standard InChI is InChI=1S/C43H29N/c1-4-13-32(14-5-1)41-37-19-10-11-20-38(37)42(33-15-6-2-7-16-33)40-29-35(26-27-39(40)41)30-22-24-31(25-23-30)36-21-12-28-44-43(36)34-17-8-3-9-18-34/h1-29H. The van der Waals surface area contributed by atoms with Crippen LogP contribution in [-0.2, 0) is 0 Å². The molecule has 0 aliphatic carbocycles. The molecule has 1 nitrogen and oxygen atoms in total. The third-order valence-corrected chi connectivity index (χ3v) is 8.53. The van der Waals surface area contributed by atoms with Gasteiger partial charge in [0.2, 0.25) is 0 Å². The predicted octanol–water partition coefficient (Wildman–Crippen LogP) is 11.7. The van der Waals surface area contributed by atoms with Crippen LogP contribution in [0.5, 0.6) is 0 Å². The van der Waals surface area contributed by atoms with Crippen LogP contribution in [0.2, 0.25) is 0 Å². The van der Waals surface area contributed by atoms with E-state index in [2.05, 4.69) is 158 Å². The summed E-state index contributed by atoms with van der Waals surface area (Å²) in [7, 11) is 0. The smallest absolute Gasteiger partial charge is 0.0780 e. The van der Waals surface area contributed by atoms with Crippen LogP contribution in [0, 0.1) is 0 Å². The fourth-order valence-electron chi connectivity index (χ4n) is 6.50. The van der Waals surface area contributed by atoms with E-state index in [1.165, 1.54) is 54.9 Å². The highest BCUT2D eigenvalue weighted by Crippen LogP contribution is 2.44. The molecule has 0 spiro atoms. The van der Waals surface area contributed by atoms with Crippen LogP contribution in [0.25, 0.3) is 77.3 Å². The van der Waals surface area contributed by atoms with Gasteiger partial charge in [-0.05, 0) is 72.6 Å². The molecule has 1 heterocycles. The molecule has 0 bridgehead atoms. The van der Waals surface area contributed by atoms with E-state index in [0.29, 0.717) is 0 Å². The Bertz CT molecular complexity index is 2230. The fraction of sp³-hybridized carbons (Fsp3) is 0. The molecule has 206 valence electrons. The Morgan fingerprint density at radius 3 is 1.39 bits per heavy atom. The molecule has 0 fully saturated rings. The molecule has 0 radical (unpaired) electrons. The minimum absolute atomic E-state index is 0.999. The summed E-state index contributed by atoms with van der Waals surface area (Å²) in [6, 6.07) is 60.9. The first kappa shape index (κ1) is 25.9. The van der Waals surface area contributed by atoms with Crippen LogP contribution in [-0.4, -0.2) is 4.98 Å². The lowest BCUT2D eigenvalue weighted by molar-refractivity contribution is 1.32. The van der Waals surface area contributed by atoms with Gasteiger partial charge in [-0.2, -0.15) is 0 Å². The van der Waals surface area contributed by atoms with Gasteiger partial charge in [0, 0.05) is 17.3 Å². The topological polar surface area (TPSA) is 12.9 Å². The minimum Gasteiger partial charge on any atom is -0.256 e. The summed E-state index contributed by atoms with van der Waals surface area (Å²) >= 11 is 0. The zero-order valence-electron chi connectivity index (χ0n) is 24.2. The van der Waals surface area contributed by atoms with Gasteiger partial charge in [-0.15, -0.1) is 0 Å². The summed E-state index contributed by atoms with van der Waals surface area (Å²) in [6.45, 7) is 0. The Balaban J connectivity index is 1.32. The molecule has 8 rings (SSSR count). The number of nitrogens with zero attached hydrogens (tertiary/aromatic N) is 1. The van der Waals surface area contributed by atoms with E-state index in [4.69, 9.17) is 4.98 Å². The molecular weight excluding hydrogens is 530 g/mol. The van der Waals surface area contributed by atoms with Crippen molar-refractivity contribution in [3.05, 3.63) is 176 Å². The Kier molecular flexibility index (Phi) is 6.55. The molecule has 0 saturated carbocycles. The van der Waals surface area contributed by atoms with Crippen molar-refractivity contribution in [1.29, 1.82) is 0 Å². The van der Waals surface area contributed by atoms with Gasteiger partial charge < -0.3 is 0 Å². The van der Waals surface area contributed by atoms with Crippen molar-refractivity contribution >= 4 is 21.5 Å². The van der Waals surface area contributed by atoms with E-state index in [0.717, 1.165) is 22.4 Å². The summed E-state index contributed by atoms with van der Waals surface area (Å²) in [5.74, 6) is 0. The summed E-state index contributed by atoms with van der Waals surface area (Å²) in [6.07, 6.45) is 1.87. The van der Waals surface area contributed by atoms with Crippen molar-refractivity contribution < 1.29 is 0 Å². The number of hydrogen-bond donors (Lipinski definition) is 0. The first-order valence-corrected chi connectivity index (χ1v) is 15.1. The molecule has 0 N–H and O–H groups in total. The molecule has 44 heavy (non-hydrogen) atoms. The van der Waals surface area contributed by atoms with Crippen LogP contribution in [0.3, 0.4) is 0 Å². The van der Waals surface area contributed by atoms with Crippen LogP contribution in [0.15, 0.2) is 176 Å². The monoisotopic (exact) mass is 559 g/mol. The summed E-state index contributed by atoms with van der Waals surface area (Å²) in [5.41, 5.74) is 11.8. The number of benzene rings is 7. The average Bonchev–Trinajstić information content (AvgIpc) is 3.11. The molecule has 0 saturated heterocycles. The summed E-state index contributed by atoms with van der Waals surface area (Å²) < 4.78 is 0. The van der Waals surface area contributed by atoms with Gasteiger partial charge in [0.1, 0.15) is 0 Å². The van der Waals surface area contributed by atoms with Crippen LogP contribution >= 0.6 is 0 Å². The molecule has 0 aliphatic heterocycles. The molecule has 0 amide bonds. The predicted molar refractivity (Wildman–Crippen MR) is 186 cm³/mol. The molecule has 1 aromatic heterocycles. The molecule has 0 aliphatic rings. The van der Waals surface area contributed by atoms with E-state index in [-0.39, 0.29) is 0 Å². The second-order valence-electron chi connectivity index (χ2n) is 11.1. The molecule has 7 aromatic carbocycles. The normalized spacial score (nSPS) is 11.2. The van der Waals surface area contributed by atoms with E-state index >= 15 is 0 Å². The van der Waals surface area contributed by atoms with Crippen molar-refractivity contribution in [3.8, 4) is 55.8 Å². The van der Waals surface area contributed by atoms with Crippen LogP contribution in [0.4, 0.5) is 0 Å². The number of fused-ring (bicyclic) bond motifs is 2. The van der Waals surface area contributed by atoms with Crippen molar-refractivity contribution in [2.45, 2.75) is 0 Å². The highest BCUT2D eigenvalue weighted by molar-refractivity contribution is 6.21. The molecule has 1 heteroatoms. The lowest BCUT2D eigenvalue weighted by Gasteiger charge is -2.18. The van der Waals surface area contributed by atoms with E-state index in [1.54, 1.807) is 0 Å². The Morgan fingerprint density at radius 1 is 0.295 bits per heavy atom. The largest absolute Gasteiger partial charge is 0.256 e. The fourth-order valence-corrected chi connectivity index (χ4v) is 6.50. The summed E-state index contributed by atoms with van der Waals surface area (Å²) in [5, 5.41) is 5.06. The Hall–Kier alpha value is -5.79. The van der Waals surface area contributed by atoms with E-state index < -0.39 is 0 Å². The quantitative estimate of drug-likeness (QED) is 0.191. The van der Waals surface area contributed by atoms with Crippen molar-refractivity contribution in [1.82, 2.24) is 4.98 Å². The highest BCUT2D eigenvalue weighted by atomic mass is 14.7. The molecule has 0 unspecified atom stereocenters. The van der Waals surface area contributed by atoms with Gasteiger partial charge >= 0.3 is 0 Å². The van der Waals surface area contributed by atoms with Crippen molar-refractivity contribution in [2.24, 2.45) is 0 Å². The Labute approximate surface area is 257 Å². The number of pyridine rings is 1. The zero-order valence-corrected chi connectivity index (χ0v) is 24.2. The maximum Gasteiger partial charge on any atom is 0.0780 e. The second kappa shape index (κ2) is 11.1. The maximum absolute atomic E-state index is 4.74. The third-order valence-electron chi connectivity index (χ3n) is 8.53. The lowest BCUT2D eigenvalue weighted by atomic mass is 9.85. The molecule has 0 atom stereocenters. The zero-order chi connectivity index (χ0) is 29.3. The average molecular weight is 560 g/mol. The van der Waals surface area contributed by atoms with Gasteiger partial charge in [0.05, 0.1) is 5.69 Å². The lowest BCUT2D eigenvalue weighted by Crippen LogP contribution is -1.92. The molecule has 8 aromatic rings.